The van der Waals surface area contributed by atoms with Crippen molar-refractivity contribution in [3.05, 3.63) is 35.4 Å². The summed E-state index contributed by atoms with van der Waals surface area (Å²) in [4.78, 5) is 0. The molecule has 2 nitrogen and oxygen atoms in total. The number of rotatable bonds is 2. The van der Waals surface area contributed by atoms with Crippen molar-refractivity contribution in [2.75, 3.05) is 0 Å². The average Bonchev–Trinajstić information content (AvgIpc) is 2.33. The smallest absolute Gasteiger partial charge is 0.0410 e. The monoisotopic (exact) mass is 218 g/mol. The van der Waals surface area contributed by atoms with Gasteiger partial charge in [-0.3, -0.25) is 0 Å². The molecule has 88 valence electrons. The van der Waals surface area contributed by atoms with Crippen LogP contribution in [-0.4, -0.2) is 6.04 Å². The van der Waals surface area contributed by atoms with Crippen LogP contribution in [0.1, 0.15) is 43.7 Å². The van der Waals surface area contributed by atoms with Gasteiger partial charge in [0.25, 0.3) is 0 Å². The summed E-state index contributed by atoms with van der Waals surface area (Å²) < 4.78 is 0. The Morgan fingerprint density at radius 1 is 1.19 bits per heavy atom. The lowest BCUT2D eigenvalue weighted by Crippen LogP contribution is -2.43. The Kier molecular flexibility index (Phi) is 3.31. The first-order valence-corrected chi connectivity index (χ1v) is 6.28. The molecule has 0 atom stereocenters. The topological polar surface area (TPSA) is 52.0 Å². The van der Waals surface area contributed by atoms with Crippen molar-refractivity contribution in [2.24, 2.45) is 11.5 Å². The zero-order valence-electron chi connectivity index (χ0n) is 10.1. The second kappa shape index (κ2) is 4.56. The molecule has 0 radical (unpaired) electrons. The Balaban J connectivity index is 2.16. The zero-order valence-corrected chi connectivity index (χ0v) is 10.1. The van der Waals surface area contributed by atoms with Crippen LogP contribution in [0.25, 0.3) is 0 Å². The molecule has 16 heavy (non-hydrogen) atoms. The Bertz CT molecular complexity index is 334. The average molecular weight is 218 g/mol. The minimum Gasteiger partial charge on any atom is -0.328 e. The van der Waals surface area contributed by atoms with Gasteiger partial charge in [-0.05, 0) is 43.2 Å². The van der Waals surface area contributed by atoms with Crippen LogP contribution < -0.4 is 11.5 Å². The van der Waals surface area contributed by atoms with E-state index in [0.29, 0.717) is 6.04 Å². The minimum absolute atomic E-state index is 0.137. The number of nitrogens with two attached hydrogens (primary N) is 2. The Labute approximate surface area is 98.0 Å². The molecule has 0 spiro atoms. The largest absolute Gasteiger partial charge is 0.328 e. The van der Waals surface area contributed by atoms with Gasteiger partial charge < -0.3 is 11.5 Å². The molecule has 1 saturated carbocycles. The molecule has 0 aromatic heterocycles. The summed E-state index contributed by atoms with van der Waals surface area (Å²) >= 11 is 0. The zero-order chi connectivity index (χ0) is 11.6. The summed E-state index contributed by atoms with van der Waals surface area (Å²) in [6.07, 6.45) is 5.21. The lowest BCUT2D eigenvalue weighted by molar-refractivity contribution is 0.277. The standard InChI is InChI=1S/C14H22N2/c1-2-11-3-5-12(6-4-11)14(16)9-7-13(15)8-10-14/h3-6,13H,2,7-10,15-16H2,1H3. The van der Waals surface area contributed by atoms with Gasteiger partial charge in [-0.2, -0.15) is 0 Å². The van der Waals surface area contributed by atoms with Crippen LogP contribution in [0.2, 0.25) is 0 Å². The van der Waals surface area contributed by atoms with Crippen molar-refractivity contribution < 1.29 is 0 Å². The Hall–Kier alpha value is -0.860. The van der Waals surface area contributed by atoms with Crippen LogP contribution in [0.15, 0.2) is 24.3 Å². The minimum atomic E-state index is -0.137. The highest BCUT2D eigenvalue weighted by atomic mass is 14.8. The van der Waals surface area contributed by atoms with Crippen LogP contribution in [0.3, 0.4) is 0 Å². The second-order valence-corrected chi connectivity index (χ2v) is 5.04. The molecule has 2 heteroatoms. The molecular formula is C14H22N2. The summed E-state index contributed by atoms with van der Waals surface area (Å²) in [5.74, 6) is 0. The third-order valence-corrected chi connectivity index (χ3v) is 3.86. The molecule has 0 aliphatic heterocycles. The molecule has 1 aliphatic rings. The third-order valence-electron chi connectivity index (χ3n) is 3.86. The van der Waals surface area contributed by atoms with Crippen molar-refractivity contribution in [1.29, 1.82) is 0 Å². The Morgan fingerprint density at radius 2 is 1.75 bits per heavy atom. The van der Waals surface area contributed by atoms with Gasteiger partial charge in [-0.1, -0.05) is 31.2 Å². The van der Waals surface area contributed by atoms with Gasteiger partial charge in [0.1, 0.15) is 0 Å². The van der Waals surface area contributed by atoms with Crippen LogP contribution in [-0.2, 0) is 12.0 Å². The van der Waals surface area contributed by atoms with Crippen LogP contribution in [0, 0.1) is 0 Å². The maximum atomic E-state index is 6.48. The predicted molar refractivity (Wildman–Crippen MR) is 68.1 cm³/mol. The summed E-state index contributed by atoms with van der Waals surface area (Å²) in [6.45, 7) is 2.17. The molecule has 1 aromatic rings. The first-order valence-electron chi connectivity index (χ1n) is 6.28. The normalized spacial score (nSPS) is 30.3. The maximum absolute atomic E-state index is 6.48. The van der Waals surface area contributed by atoms with E-state index in [0.717, 1.165) is 32.1 Å². The first kappa shape index (κ1) is 11.6. The van der Waals surface area contributed by atoms with Crippen LogP contribution in [0.4, 0.5) is 0 Å². The van der Waals surface area contributed by atoms with E-state index in [-0.39, 0.29) is 5.54 Å². The molecule has 0 unspecified atom stereocenters. The summed E-state index contributed by atoms with van der Waals surface area (Å²) in [6, 6.07) is 9.12. The summed E-state index contributed by atoms with van der Waals surface area (Å²) in [5.41, 5.74) is 14.9. The van der Waals surface area contributed by atoms with E-state index < -0.39 is 0 Å². The van der Waals surface area contributed by atoms with Crippen molar-refractivity contribution in [1.82, 2.24) is 0 Å². The lowest BCUT2D eigenvalue weighted by atomic mass is 9.76. The number of hydrogen-bond donors (Lipinski definition) is 2. The van der Waals surface area contributed by atoms with Gasteiger partial charge in [-0.25, -0.2) is 0 Å². The molecule has 4 N–H and O–H groups in total. The van der Waals surface area contributed by atoms with E-state index in [4.69, 9.17) is 11.5 Å². The summed E-state index contributed by atoms with van der Waals surface area (Å²) in [7, 11) is 0. The van der Waals surface area contributed by atoms with E-state index in [9.17, 15) is 0 Å². The van der Waals surface area contributed by atoms with Crippen molar-refractivity contribution >= 4 is 0 Å². The van der Waals surface area contributed by atoms with Crippen LogP contribution >= 0.6 is 0 Å². The first-order chi connectivity index (χ1) is 7.64. The summed E-state index contributed by atoms with van der Waals surface area (Å²) in [5, 5.41) is 0. The Morgan fingerprint density at radius 3 is 2.25 bits per heavy atom. The van der Waals surface area contributed by atoms with Gasteiger partial charge in [0.05, 0.1) is 0 Å². The lowest BCUT2D eigenvalue weighted by Gasteiger charge is -2.36. The third kappa shape index (κ3) is 2.28. The van der Waals surface area contributed by atoms with Gasteiger partial charge in [-0.15, -0.1) is 0 Å². The second-order valence-electron chi connectivity index (χ2n) is 5.04. The highest BCUT2D eigenvalue weighted by molar-refractivity contribution is 5.29. The van der Waals surface area contributed by atoms with E-state index in [1.54, 1.807) is 0 Å². The van der Waals surface area contributed by atoms with Crippen LogP contribution in [0.5, 0.6) is 0 Å². The van der Waals surface area contributed by atoms with Crippen molar-refractivity contribution in [2.45, 2.75) is 50.6 Å². The van der Waals surface area contributed by atoms with Gasteiger partial charge in [0, 0.05) is 11.6 Å². The van der Waals surface area contributed by atoms with E-state index >= 15 is 0 Å². The number of hydrogen-bond acceptors (Lipinski definition) is 2. The van der Waals surface area contributed by atoms with Gasteiger partial charge in [0.15, 0.2) is 0 Å². The number of benzene rings is 1. The molecule has 1 aliphatic carbocycles. The molecular weight excluding hydrogens is 196 g/mol. The maximum Gasteiger partial charge on any atom is 0.0410 e. The molecule has 0 bridgehead atoms. The highest BCUT2D eigenvalue weighted by Crippen LogP contribution is 2.34. The van der Waals surface area contributed by atoms with Crippen molar-refractivity contribution in [3.8, 4) is 0 Å². The molecule has 0 saturated heterocycles. The van der Waals surface area contributed by atoms with Gasteiger partial charge in [0.2, 0.25) is 0 Å². The van der Waals surface area contributed by atoms with E-state index in [1.807, 2.05) is 0 Å². The molecule has 1 fully saturated rings. The predicted octanol–water partition coefficient (Wildman–Crippen LogP) is 2.30. The van der Waals surface area contributed by atoms with E-state index in [1.165, 1.54) is 11.1 Å². The molecule has 0 amide bonds. The van der Waals surface area contributed by atoms with Gasteiger partial charge >= 0.3 is 0 Å². The number of aryl methyl sites for hydroxylation is 1. The molecule has 1 aromatic carbocycles. The quantitative estimate of drug-likeness (QED) is 0.800. The van der Waals surface area contributed by atoms with Crippen molar-refractivity contribution in [3.63, 3.8) is 0 Å². The molecule has 2 rings (SSSR count). The SMILES string of the molecule is CCc1ccc(C2(N)CCC(N)CC2)cc1. The molecule has 0 heterocycles. The van der Waals surface area contributed by atoms with E-state index in [2.05, 4.69) is 31.2 Å². The fourth-order valence-electron chi connectivity index (χ4n) is 2.52. The fourth-order valence-corrected chi connectivity index (χ4v) is 2.52. The fraction of sp³-hybridized carbons (Fsp3) is 0.571. The highest BCUT2D eigenvalue weighted by Gasteiger charge is 2.31.